The predicted octanol–water partition coefficient (Wildman–Crippen LogP) is 4.56. The minimum atomic E-state index is -1.06. The molecule has 31 heavy (non-hydrogen) atoms. The predicted molar refractivity (Wildman–Crippen MR) is 118 cm³/mol. The smallest absolute Gasteiger partial charge is 0.307 e. The standard InChI is InChI=1S/C25H25NO5/c1-29-21-14-11-18(12-15-21)13-16-23(27)31-24(19-7-4-3-5-8-19)25(28)26-20-9-6-10-22(17-20)30-2/h3-12,14-15,17,24H,13,16H2,1-2H3,(H,26,28)/t24-/m1/s1. The monoisotopic (exact) mass is 419 g/mol. The van der Waals surface area contributed by atoms with Crippen molar-refractivity contribution in [3.8, 4) is 11.5 Å². The Morgan fingerprint density at radius 1 is 0.839 bits per heavy atom. The number of benzene rings is 3. The lowest BCUT2D eigenvalue weighted by Crippen LogP contribution is -2.26. The van der Waals surface area contributed by atoms with E-state index in [9.17, 15) is 9.59 Å². The van der Waals surface area contributed by atoms with Gasteiger partial charge < -0.3 is 19.5 Å². The molecule has 3 aromatic rings. The van der Waals surface area contributed by atoms with Gasteiger partial charge in [0.1, 0.15) is 11.5 Å². The van der Waals surface area contributed by atoms with E-state index < -0.39 is 18.0 Å². The number of esters is 1. The minimum absolute atomic E-state index is 0.155. The van der Waals surface area contributed by atoms with Gasteiger partial charge in [0, 0.05) is 23.7 Å². The van der Waals surface area contributed by atoms with Gasteiger partial charge in [-0.15, -0.1) is 0 Å². The summed E-state index contributed by atoms with van der Waals surface area (Å²) in [5, 5.41) is 2.80. The van der Waals surface area contributed by atoms with Gasteiger partial charge in [0.25, 0.3) is 5.91 Å². The molecular weight excluding hydrogens is 394 g/mol. The number of hydrogen-bond acceptors (Lipinski definition) is 5. The fraction of sp³-hybridized carbons (Fsp3) is 0.200. The maximum atomic E-state index is 12.9. The zero-order chi connectivity index (χ0) is 22.1. The van der Waals surface area contributed by atoms with Crippen LogP contribution in [0.25, 0.3) is 0 Å². The number of ether oxygens (including phenoxy) is 3. The van der Waals surface area contributed by atoms with Crippen molar-refractivity contribution in [1.29, 1.82) is 0 Å². The second kappa shape index (κ2) is 10.8. The molecule has 3 rings (SSSR count). The minimum Gasteiger partial charge on any atom is -0.497 e. The van der Waals surface area contributed by atoms with Crippen molar-refractivity contribution in [2.75, 3.05) is 19.5 Å². The summed E-state index contributed by atoms with van der Waals surface area (Å²) in [5.41, 5.74) is 2.13. The van der Waals surface area contributed by atoms with Gasteiger partial charge in [0.15, 0.2) is 0 Å². The fourth-order valence-electron chi connectivity index (χ4n) is 3.04. The number of aryl methyl sites for hydroxylation is 1. The second-order valence-corrected chi connectivity index (χ2v) is 6.85. The summed E-state index contributed by atoms with van der Waals surface area (Å²) in [6.07, 6.45) is -0.403. The third-order valence-corrected chi connectivity index (χ3v) is 4.70. The van der Waals surface area contributed by atoms with E-state index in [0.717, 1.165) is 11.3 Å². The quantitative estimate of drug-likeness (QED) is 0.515. The largest absolute Gasteiger partial charge is 0.497 e. The molecule has 0 aliphatic heterocycles. The van der Waals surface area contributed by atoms with Gasteiger partial charge in [0.05, 0.1) is 14.2 Å². The highest BCUT2D eigenvalue weighted by atomic mass is 16.5. The maximum absolute atomic E-state index is 12.9. The van der Waals surface area contributed by atoms with E-state index in [-0.39, 0.29) is 6.42 Å². The zero-order valence-electron chi connectivity index (χ0n) is 17.5. The number of amides is 1. The number of anilines is 1. The Labute approximate surface area is 181 Å². The third kappa shape index (κ3) is 6.34. The highest BCUT2D eigenvalue weighted by Gasteiger charge is 2.25. The Balaban J connectivity index is 1.68. The van der Waals surface area contributed by atoms with Gasteiger partial charge in [-0.3, -0.25) is 9.59 Å². The average molecular weight is 419 g/mol. The summed E-state index contributed by atoms with van der Waals surface area (Å²) in [6, 6.07) is 23.4. The van der Waals surface area contributed by atoms with E-state index in [1.807, 2.05) is 30.3 Å². The lowest BCUT2D eigenvalue weighted by molar-refractivity contribution is -0.154. The lowest BCUT2D eigenvalue weighted by atomic mass is 10.1. The number of rotatable bonds is 9. The summed E-state index contributed by atoms with van der Waals surface area (Å²) in [4.78, 5) is 25.5. The molecule has 3 aromatic carbocycles. The van der Waals surface area contributed by atoms with E-state index in [1.165, 1.54) is 0 Å². The number of nitrogens with one attached hydrogen (secondary N) is 1. The molecule has 6 nitrogen and oxygen atoms in total. The molecule has 0 heterocycles. The van der Waals surface area contributed by atoms with Gasteiger partial charge >= 0.3 is 5.97 Å². The summed E-state index contributed by atoms with van der Waals surface area (Å²) in [7, 11) is 3.16. The SMILES string of the molecule is COc1ccc(CCC(=O)O[C@@H](C(=O)Nc2cccc(OC)c2)c2ccccc2)cc1. The molecule has 0 radical (unpaired) electrons. The Morgan fingerprint density at radius 2 is 1.55 bits per heavy atom. The van der Waals surface area contributed by atoms with Crippen LogP contribution >= 0.6 is 0 Å². The first-order chi connectivity index (χ1) is 15.1. The molecule has 0 bridgehead atoms. The fourth-order valence-corrected chi connectivity index (χ4v) is 3.04. The molecule has 6 heteroatoms. The Hall–Kier alpha value is -3.80. The summed E-state index contributed by atoms with van der Waals surface area (Å²) in [6.45, 7) is 0. The molecular formula is C25H25NO5. The van der Waals surface area contributed by atoms with E-state index in [1.54, 1.807) is 62.8 Å². The van der Waals surface area contributed by atoms with Crippen LogP contribution in [-0.4, -0.2) is 26.1 Å². The van der Waals surface area contributed by atoms with Crippen LogP contribution in [0.5, 0.6) is 11.5 Å². The first-order valence-corrected chi connectivity index (χ1v) is 9.91. The Bertz CT molecular complexity index is 1000. The molecule has 1 N–H and O–H groups in total. The Morgan fingerprint density at radius 3 is 2.23 bits per heavy atom. The van der Waals surface area contributed by atoms with Crippen molar-refractivity contribution < 1.29 is 23.8 Å². The molecule has 1 amide bonds. The number of carbonyl (C=O) groups is 2. The molecule has 0 saturated heterocycles. The van der Waals surface area contributed by atoms with Crippen molar-refractivity contribution in [2.45, 2.75) is 18.9 Å². The van der Waals surface area contributed by atoms with Gasteiger partial charge in [-0.2, -0.15) is 0 Å². The average Bonchev–Trinajstić information content (AvgIpc) is 2.82. The van der Waals surface area contributed by atoms with Crippen molar-refractivity contribution in [3.05, 3.63) is 90.0 Å². The molecule has 0 saturated carbocycles. The molecule has 0 unspecified atom stereocenters. The van der Waals surface area contributed by atoms with Crippen LogP contribution in [0.1, 0.15) is 23.7 Å². The molecule has 0 spiro atoms. The Kier molecular flexibility index (Phi) is 7.65. The van der Waals surface area contributed by atoms with E-state index >= 15 is 0 Å². The van der Waals surface area contributed by atoms with Crippen LogP contribution in [0, 0.1) is 0 Å². The lowest BCUT2D eigenvalue weighted by Gasteiger charge is -2.18. The van der Waals surface area contributed by atoms with E-state index in [2.05, 4.69) is 5.32 Å². The van der Waals surface area contributed by atoms with Crippen molar-refractivity contribution in [3.63, 3.8) is 0 Å². The maximum Gasteiger partial charge on any atom is 0.307 e. The highest BCUT2D eigenvalue weighted by Crippen LogP contribution is 2.23. The molecule has 0 aromatic heterocycles. The topological polar surface area (TPSA) is 73.9 Å². The van der Waals surface area contributed by atoms with Crippen LogP contribution in [0.4, 0.5) is 5.69 Å². The van der Waals surface area contributed by atoms with Crippen molar-refractivity contribution in [1.82, 2.24) is 0 Å². The molecule has 0 fully saturated rings. The summed E-state index contributed by atoms with van der Waals surface area (Å²) in [5.74, 6) is 0.484. The van der Waals surface area contributed by atoms with Gasteiger partial charge in [-0.05, 0) is 36.2 Å². The van der Waals surface area contributed by atoms with Crippen molar-refractivity contribution in [2.24, 2.45) is 0 Å². The molecule has 0 aliphatic rings. The van der Waals surface area contributed by atoms with Crippen LogP contribution in [-0.2, 0) is 20.7 Å². The van der Waals surface area contributed by atoms with Gasteiger partial charge in [0.2, 0.25) is 6.10 Å². The number of carbonyl (C=O) groups excluding carboxylic acids is 2. The van der Waals surface area contributed by atoms with E-state index in [0.29, 0.717) is 23.4 Å². The molecule has 0 aliphatic carbocycles. The number of hydrogen-bond donors (Lipinski definition) is 1. The third-order valence-electron chi connectivity index (χ3n) is 4.70. The first kappa shape index (κ1) is 21.9. The normalized spacial score (nSPS) is 11.3. The van der Waals surface area contributed by atoms with E-state index in [4.69, 9.17) is 14.2 Å². The highest BCUT2D eigenvalue weighted by molar-refractivity contribution is 5.96. The van der Waals surface area contributed by atoms with Gasteiger partial charge in [-0.1, -0.05) is 48.5 Å². The van der Waals surface area contributed by atoms with Crippen LogP contribution in [0.15, 0.2) is 78.9 Å². The number of methoxy groups -OCH3 is 2. The molecule has 160 valence electrons. The summed E-state index contributed by atoms with van der Waals surface area (Å²) < 4.78 is 15.9. The van der Waals surface area contributed by atoms with Crippen LogP contribution < -0.4 is 14.8 Å². The first-order valence-electron chi connectivity index (χ1n) is 9.91. The summed E-state index contributed by atoms with van der Waals surface area (Å²) >= 11 is 0. The van der Waals surface area contributed by atoms with Crippen molar-refractivity contribution >= 4 is 17.6 Å². The molecule has 1 atom stereocenters. The zero-order valence-corrected chi connectivity index (χ0v) is 17.5. The van der Waals surface area contributed by atoms with Gasteiger partial charge in [-0.25, -0.2) is 0 Å². The second-order valence-electron chi connectivity index (χ2n) is 6.85. The van der Waals surface area contributed by atoms with Crippen LogP contribution in [0.2, 0.25) is 0 Å². The van der Waals surface area contributed by atoms with Crippen LogP contribution in [0.3, 0.4) is 0 Å².